The Morgan fingerprint density at radius 3 is 2.61 bits per heavy atom. The highest BCUT2D eigenvalue weighted by molar-refractivity contribution is 6.17. The third kappa shape index (κ3) is 2.34. The van der Waals surface area contributed by atoms with Gasteiger partial charge in [0.15, 0.2) is 5.82 Å². The summed E-state index contributed by atoms with van der Waals surface area (Å²) < 4.78 is 31.3. The summed E-state index contributed by atoms with van der Waals surface area (Å²) in [4.78, 5) is 8.16. The molecular weight excluding hydrogens is 262 g/mol. The summed E-state index contributed by atoms with van der Waals surface area (Å²) in [5.41, 5.74) is -0.605. The molecule has 0 radical (unpaired) electrons. The van der Waals surface area contributed by atoms with Gasteiger partial charge in [0.1, 0.15) is 11.3 Å². The highest BCUT2D eigenvalue weighted by atomic mass is 35.5. The lowest BCUT2D eigenvalue weighted by atomic mass is 10.0. The molecule has 18 heavy (non-hydrogen) atoms. The zero-order valence-corrected chi connectivity index (χ0v) is 10.9. The van der Waals surface area contributed by atoms with E-state index in [-0.39, 0.29) is 17.1 Å². The van der Waals surface area contributed by atoms with Gasteiger partial charge in [0.25, 0.3) is 6.43 Å². The summed E-state index contributed by atoms with van der Waals surface area (Å²) in [5.74, 6) is 0.339. The monoisotopic (exact) mass is 276 g/mol. The van der Waals surface area contributed by atoms with Crippen molar-refractivity contribution in [2.75, 3.05) is 7.11 Å². The third-order valence-corrected chi connectivity index (χ3v) is 3.75. The molecular formula is C12H15ClF2N2O. The summed E-state index contributed by atoms with van der Waals surface area (Å²) >= 11 is 5.61. The van der Waals surface area contributed by atoms with Crippen LogP contribution in [-0.2, 0) is 16.2 Å². The van der Waals surface area contributed by atoms with Gasteiger partial charge in [-0.25, -0.2) is 18.7 Å². The van der Waals surface area contributed by atoms with E-state index in [1.54, 1.807) is 7.11 Å². The van der Waals surface area contributed by atoms with E-state index < -0.39 is 12.0 Å². The average Bonchev–Trinajstić information content (AvgIpc) is 2.87. The number of ether oxygens (including phenoxy) is 1. The predicted octanol–water partition coefficient (Wildman–Crippen LogP) is 3.57. The van der Waals surface area contributed by atoms with Crippen molar-refractivity contribution < 1.29 is 13.5 Å². The molecule has 6 heteroatoms. The Morgan fingerprint density at radius 1 is 1.44 bits per heavy atom. The highest BCUT2D eigenvalue weighted by Crippen LogP contribution is 2.40. The maximum absolute atomic E-state index is 12.9. The van der Waals surface area contributed by atoms with Crippen molar-refractivity contribution >= 4 is 11.6 Å². The fourth-order valence-corrected chi connectivity index (χ4v) is 2.60. The van der Waals surface area contributed by atoms with Crippen LogP contribution in [0.5, 0.6) is 0 Å². The first kappa shape index (κ1) is 13.6. The van der Waals surface area contributed by atoms with Crippen LogP contribution in [0.3, 0.4) is 0 Å². The first-order valence-corrected chi connectivity index (χ1v) is 6.42. The molecule has 1 fully saturated rings. The SMILES string of the molecule is COC1(c2ncc(CCl)c(C(F)F)n2)CCCC1. The van der Waals surface area contributed by atoms with Crippen molar-refractivity contribution in [3.05, 3.63) is 23.3 Å². The number of hydrogen-bond acceptors (Lipinski definition) is 3. The molecule has 0 aromatic carbocycles. The van der Waals surface area contributed by atoms with Gasteiger partial charge < -0.3 is 4.74 Å². The van der Waals surface area contributed by atoms with Gasteiger partial charge in [-0.05, 0) is 25.7 Å². The average molecular weight is 277 g/mol. The van der Waals surface area contributed by atoms with E-state index in [1.165, 1.54) is 6.20 Å². The summed E-state index contributed by atoms with van der Waals surface area (Å²) in [6, 6.07) is 0. The van der Waals surface area contributed by atoms with Gasteiger partial charge in [-0.3, -0.25) is 0 Å². The molecule has 1 saturated carbocycles. The van der Waals surface area contributed by atoms with Gasteiger partial charge in [-0.1, -0.05) is 0 Å². The van der Waals surface area contributed by atoms with E-state index >= 15 is 0 Å². The minimum atomic E-state index is -2.64. The molecule has 0 N–H and O–H groups in total. The quantitative estimate of drug-likeness (QED) is 0.789. The van der Waals surface area contributed by atoms with Crippen molar-refractivity contribution in [3.63, 3.8) is 0 Å². The minimum absolute atomic E-state index is 0.0140. The maximum Gasteiger partial charge on any atom is 0.280 e. The number of methoxy groups -OCH3 is 1. The van der Waals surface area contributed by atoms with Crippen molar-refractivity contribution in [1.82, 2.24) is 9.97 Å². The van der Waals surface area contributed by atoms with Gasteiger partial charge in [0.2, 0.25) is 0 Å². The molecule has 0 amide bonds. The predicted molar refractivity (Wildman–Crippen MR) is 63.7 cm³/mol. The Kier molecular flexibility index (Phi) is 4.12. The Labute approximate surface area is 110 Å². The van der Waals surface area contributed by atoms with Crippen LogP contribution in [-0.4, -0.2) is 17.1 Å². The largest absolute Gasteiger partial charge is 0.370 e. The van der Waals surface area contributed by atoms with Gasteiger partial charge in [0, 0.05) is 18.9 Å². The lowest BCUT2D eigenvalue weighted by molar-refractivity contribution is -0.0170. The molecule has 100 valence electrons. The fourth-order valence-electron chi connectivity index (χ4n) is 2.40. The number of rotatable bonds is 4. The number of hydrogen-bond donors (Lipinski definition) is 0. The topological polar surface area (TPSA) is 35.0 Å². The van der Waals surface area contributed by atoms with E-state index in [0.29, 0.717) is 5.82 Å². The number of nitrogens with zero attached hydrogens (tertiary/aromatic N) is 2. The van der Waals surface area contributed by atoms with Crippen LogP contribution in [0.15, 0.2) is 6.20 Å². The van der Waals surface area contributed by atoms with Crippen LogP contribution in [0.4, 0.5) is 8.78 Å². The lowest BCUT2D eigenvalue weighted by Gasteiger charge is -2.26. The Bertz CT molecular complexity index is 423. The number of alkyl halides is 3. The van der Waals surface area contributed by atoms with E-state index in [1.807, 2.05) is 0 Å². The molecule has 1 aromatic rings. The zero-order chi connectivity index (χ0) is 13.2. The summed E-state index contributed by atoms with van der Waals surface area (Å²) in [6.45, 7) is 0. The molecule has 0 aliphatic heterocycles. The summed E-state index contributed by atoms with van der Waals surface area (Å²) in [5, 5.41) is 0. The molecule has 2 rings (SSSR count). The second kappa shape index (κ2) is 5.45. The van der Waals surface area contributed by atoms with Crippen molar-refractivity contribution in [2.45, 2.75) is 43.6 Å². The van der Waals surface area contributed by atoms with Gasteiger partial charge >= 0.3 is 0 Å². The molecule has 1 aromatic heterocycles. The van der Waals surface area contributed by atoms with Crippen molar-refractivity contribution in [3.8, 4) is 0 Å². The molecule has 0 saturated heterocycles. The van der Waals surface area contributed by atoms with Crippen LogP contribution < -0.4 is 0 Å². The van der Waals surface area contributed by atoms with Crippen LogP contribution in [0.1, 0.15) is 49.2 Å². The summed E-state index contributed by atoms with van der Waals surface area (Å²) in [7, 11) is 1.58. The first-order chi connectivity index (χ1) is 8.63. The second-order valence-corrected chi connectivity index (χ2v) is 4.71. The smallest absolute Gasteiger partial charge is 0.280 e. The van der Waals surface area contributed by atoms with Gasteiger partial charge in [-0.15, -0.1) is 11.6 Å². The standard InChI is InChI=1S/C12H15ClF2N2O/c1-18-12(4-2-3-5-12)11-16-7-8(6-13)9(17-11)10(14)15/h7,10H,2-6H2,1H3. The Balaban J connectivity index is 2.42. The first-order valence-electron chi connectivity index (χ1n) is 5.88. The Morgan fingerprint density at radius 2 is 2.11 bits per heavy atom. The van der Waals surface area contributed by atoms with Crippen LogP contribution in [0, 0.1) is 0 Å². The second-order valence-electron chi connectivity index (χ2n) is 4.44. The molecule has 0 spiro atoms. The molecule has 0 unspecified atom stereocenters. The summed E-state index contributed by atoms with van der Waals surface area (Å²) in [6.07, 6.45) is 2.28. The van der Waals surface area contributed by atoms with E-state index in [0.717, 1.165) is 25.7 Å². The van der Waals surface area contributed by atoms with Crippen LogP contribution in [0.2, 0.25) is 0 Å². The van der Waals surface area contributed by atoms with Crippen molar-refractivity contribution in [1.29, 1.82) is 0 Å². The van der Waals surface area contributed by atoms with Crippen LogP contribution >= 0.6 is 11.6 Å². The highest BCUT2D eigenvalue weighted by Gasteiger charge is 2.39. The van der Waals surface area contributed by atoms with E-state index in [2.05, 4.69) is 9.97 Å². The Hall–Kier alpha value is -0.810. The molecule has 3 nitrogen and oxygen atoms in total. The molecule has 1 aliphatic rings. The van der Waals surface area contributed by atoms with Gasteiger partial charge in [0.05, 0.1) is 5.88 Å². The van der Waals surface area contributed by atoms with Gasteiger partial charge in [-0.2, -0.15) is 0 Å². The molecule has 0 atom stereocenters. The lowest BCUT2D eigenvalue weighted by Crippen LogP contribution is -2.28. The van der Waals surface area contributed by atoms with Crippen molar-refractivity contribution in [2.24, 2.45) is 0 Å². The number of halogens is 3. The molecule has 1 heterocycles. The fraction of sp³-hybridized carbons (Fsp3) is 0.667. The molecule has 1 aliphatic carbocycles. The van der Waals surface area contributed by atoms with E-state index in [9.17, 15) is 8.78 Å². The maximum atomic E-state index is 12.9. The van der Waals surface area contributed by atoms with Crippen LogP contribution in [0.25, 0.3) is 0 Å². The van der Waals surface area contributed by atoms with E-state index in [4.69, 9.17) is 16.3 Å². The zero-order valence-electron chi connectivity index (χ0n) is 10.1. The minimum Gasteiger partial charge on any atom is -0.370 e. The number of aromatic nitrogens is 2. The normalized spacial score (nSPS) is 18.5. The third-order valence-electron chi connectivity index (χ3n) is 3.46. The molecule has 0 bridgehead atoms.